The van der Waals surface area contributed by atoms with Gasteiger partial charge in [-0.25, -0.2) is 4.39 Å². The van der Waals surface area contributed by atoms with Gasteiger partial charge >= 0.3 is 0 Å². The van der Waals surface area contributed by atoms with Gasteiger partial charge in [0.05, 0.1) is 16.8 Å². The van der Waals surface area contributed by atoms with E-state index in [1.165, 1.54) is 13.0 Å². The Morgan fingerprint density at radius 3 is 2.25 bits per heavy atom. The van der Waals surface area contributed by atoms with Crippen molar-refractivity contribution in [2.24, 2.45) is 0 Å². The van der Waals surface area contributed by atoms with Gasteiger partial charge in [-0.15, -0.1) is 0 Å². The molecule has 0 aliphatic carbocycles. The lowest BCUT2D eigenvalue weighted by molar-refractivity contribution is -0.124. The first-order chi connectivity index (χ1) is 13.4. The second-order valence-electron chi connectivity index (χ2n) is 6.72. The summed E-state index contributed by atoms with van der Waals surface area (Å²) in [6.07, 6.45) is 0.589. The molecule has 2 aromatic rings. The molecule has 28 heavy (non-hydrogen) atoms. The summed E-state index contributed by atoms with van der Waals surface area (Å²) in [5, 5.41) is 2.74. The smallest absolute Gasteiger partial charge is 0.262 e. The van der Waals surface area contributed by atoms with Crippen molar-refractivity contribution < 1.29 is 18.8 Å². The van der Waals surface area contributed by atoms with E-state index in [1.807, 2.05) is 0 Å². The Kier molecular flexibility index (Phi) is 5.73. The van der Waals surface area contributed by atoms with Crippen molar-refractivity contribution in [3.8, 4) is 0 Å². The maximum absolute atomic E-state index is 13.8. The lowest BCUT2D eigenvalue weighted by atomic mass is 10.1. The molecule has 1 N–H and O–H groups in total. The number of carbonyl (C=O) groups is 3. The number of amides is 3. The van der Waals surface area contributed by atoms with Gasteiger partial charge in [-0.3, -0.25) is 19.3 Å². The Bertz CT molecular complexity index is 880. The van der Waals surface area contributed by atoms with E-state index in [-0.39, 0.29) is 5.82 Å². The standard InChI is InChI=1S/C21H22FN3O3/c1-14(25-20(27)15-8-3-4-9-16(15)21(25)28)19(26)23-12-7-13-24(2)18-11-6-5-10-17(18)22/h3-6,8-11,14H,7,12-13H2,1-2H3,(H,23,26). The van der Waals surface area contributed by atoms with Crippen LogP contribution in [-0.4, -0.2) is 48.8 Å². The molecule has 7 heteroatoms. The molecular weight excluding hydrogens is 361 g/mol. The van der Waals surface area contributed by atoms with Gasteiger partial charge in [-0.05, 0) is 37.6 Å². The molecule has 3 rings (SSSR count). The Labute approximate surface area is 162 Å². The minimum absolute atomic E-state index is 0.298. The van der Waals surface area contributed by atoms with Crippen LogP contribution in [0.15, 0.2) is 48.5 Å². The zero-order valence-corrected chi connectivity index (χ0v) is 15.8. The number of hydrogen-bond acceptors (Lipinski definition) is 4. The lowest BCUT2D eigenvalue weighted by Gasteiger charge is -2.23. The minimum atomic E-state index is -0.906. The average Bonchev–Trinajstić information content (AvgIpc) is 2.95. The van der Waals surface area contributed by atoms with Gasteiger partial charge in [0.25, 0.3) is 11.8 Å². The quantitative estimate of drug-likeness (QED) is 0.589. The summed E-state index contributed by atoms with van der Waals surface area (Å²) in [5.74, 6) is -1.61. The van der Waals surface area contributed by atoms with Crippen LogP contribution >= 0.6 is 0 Å². The molecule has 0 spiro atoms. The molecule has 0 aromatic heterocycles. The summed E-state index contributed by atoms with van der Waals surface area (Å²) in [7, 11) is 1.78. The van der Waals surface area contributed by atoms with Crippen molar-refractivity contribution in [3.05, 3.63) is 65.5 Å². The third kappa shape index (κ3) is 3.74. The van der Waals surface area contributed by atoms with Gasteiger partial charge < -0.3 is 10.2 Å². The molecule has 146 valence electrons. The number of carbonyl (C=O) groups excluding carboxylic acids is 3. The summed E-state index contributed by atoms with van der Waals surface area (Å²) in [4.78, 5) is 40.1. The van der Waals surface area contributed by atoms with Crippen LogP contribution in [0.3, 0.4) is 0 Å². The summed E-state index contributed by atoms with van der Waals surface area (Å²) >= 11 is 0. The van der Waals surface area contributed by atoms with Crippen molar-refractivity contribution in [1.82, 2.24) is 10.2 Å². The van der Waals surface area contributed by atoms with Crippen LogP contribution in [0.25, 0.3) is 0 Å². The van der Waals surface area contributed by atoms with Crippen LogP contribution < -0.4 is 10.2 Å². The van der Waals surface area contributed by atoms with Crippen LogP contribution in [0.5, 0.6) is 0 Å². The molecule has 1 aliphatic heterocycles. The van der Waals surface area contributed by atoms with Crippen molar-refractivity contribution >= 4 is 23.4 Å². The fourth-order valence-electron chi connectivity index (χ4n) is 3.23. The fraction of sp³-hybridized carbons (Fsp3) is 0.286. The van der Waals surface area contributed by atoms with Gasteiger partial charge in [0.1, 0.15) is 11.9 Å². The number of halogens is 1. The highest BCUT2D eigenvalue weighted by Crippen LogP contribution is 2.24. The normalized spacial score (nSPS) is 14.0. The van der Waals surface area contributed by atoms with E-state index in [4.69, 9.17) is 0 Å². The van der Waals surface area contributed by atoms with E-state index in [2.05, 4.69) is 5.32 Å². The fourth-order valence-corrected chi connectivity index (χ4v) is 3.23. The number of nitrogens with one attached hydrogen (secondary N) is 1. The number of hydrogen-bond donors (Lipinski definition) is 1. The number of benzene rings is 2. The summed E-state index contributed by atoms with van der Waals surface area (Å²) in [5.41, 5.74) is 1.13. The topological polar surface area (TPSA) is 69.7 Å². The second kappa shape index (κ2) is 8.21. The summed E-state index contributed by atoms with van der Waals surface area (Å²) < 4.78 is 13.8. The third-order valence-corrected chi connectivity index (χ3v) is 4.83. The van der Waals surface area contributed by atoms with Crippen LogP contribution in [0, 0.1) is 5.82 Å². The lowest BCUT2D eigenvalue weighted by Crippen LogP contribution is -2.48. The third-order valence-electron chi connectivity index (χ3n) is 4.83. The predicted molar refractivity (Wildman–Crippen MR) is 104 cm³/mol. The number of anilines is 1. The predicted octanol–water partition coefficient (Wildman–Crippen LogP) is 2.45. The number of fused-ring (bicyclic) bond motifs is 1. The molecule has 0 radical (unpaired) electrons. The highest BCUT2D eigenvalue weighted by atomic mass is 19.1. The Hall–Kier alpha value is -3.22. The zero-order valence-electron chi connectivity index (χ0n) is 15.8. The van der Waals surface area contributed by atoms with Crippen molar-refractivity contribution in [2.75, 3.05) is 25.0 Å². The molecule has 0 saturated heterocycles. The van der Waals surface area contributed by atoms with Crippen LogP contribution in [0.1, 0.15) is 34.1 Å². The second-order valence-corrected chi connectivity index (χ2v) is 6.72. The largest absolute Gasteiger partial charge is 0.372 e. The van der Waals surface area contributed by atoms with Crippen molar-refractivity contribution in [3.63, 3.8) is 0 Å². The first-order valence-electron chi connectivity index (χ1n) is 9.12. The van der Waals surface area contributed by atoms with E-state index in [0.717, 1.165) is 4.90 Å². The first-order valence-corrected chi connectivity index (χ1v) is 9.12. The number of nitrogens with zero attached hydrogens (tertiary/aromatic N) is 2. The van der Waals surface area contributed by atoms with Gasteiger partial charge in [0, 0.05) is 20.1 Å². The van der Waals surface area contributed by atoms with Crippen LogP contribution in [0.4, 0.5) is 10.1 Å². The van der Waals surface area contributed by atoms with E-state index in [9.17, 15) is 18.8 Å². The summed E-state index contributed by atoms with van der Waals surface area (Å²) in [6.45, 7) is 2.43. The number of rotatable bonds is 7. The maximum Gasteiger partial charge on any atom is 0.262 e. The Morgan fingerprint density at radius 2 is 1.64 bits per heavy atom. The molecule has 3 amide bonds. The molecule has 2 aromatic carbocycles. The van der Waals surface area contributed by atoms with Crippen LogP contribution in [0.2, 0.25) is 0 Å². The molecule has 0 saturated carbocycles. The number of imide groups is 1. The Balaban J connectivity index is 1.51. The van der Waals surface area contributed by atoms with Gasteiger partial charge in [-0.1, -0.05) is 24.3 Å². The molecular formula is C21H22FN3O3. The van der Waals surface area contributed by atoms with E-state index in [0.29, 0.717) is 36.3 Å². The van der Waals surface area contributed by atoms with Crippen molar-refractivity contribution in [1.29, 1.82) is 0 Å². The Morgan fingerprint density at radius 1 is 1.07 bits per heavy atom. The zero-order chi connectivity index (χ0) is 20.3. The molecule has 1 aliphatic rings. The van der Waals surface area contributed by atoms with Crippen LogP contribution in [-0.2, 0) is 4.79 Å². The molecule has 1 atom stereocenters. The van der Waals surface area contributed by atoms with E-state index < -0.39 is 23.8 Å². The molecule has 1 heterocycles. The molecule has 0 bridgehead atoms. The molecule has 6 nitrogen and oxygen atoms in total. The average molecular weight is 383 g/mol. The van der Waals surface area contributed by atoms with E-state index >= 15 is 0 Å². The molecule has 1 unspecified atom stereocenters. The SMILES string of the molecule is CC(C(=O)NCCCN(C)c1ccccc1F)N1C(=O)c2ccccc2C1=O. The maximum atomic E-state index is 13.8. The highest BCUT2D eigenvalue weighted by Gasteiger charge is 2.40. The minimum Gasteiger partial charge on any atom is -0.372 e. The monoisotopic (exact) mass is 383 g/mol. The highest BCUT2D eigenvalue weighted by molar-refractivity contribution is 6.22. The molecule has 0 fully saturated rings. The van der Waals surface area contributed by atoms with Gasteiger partial charge in [-0.2, -0.15) is 0 Å². The summed E-state index contributed by atoms with van der Waals surface area (Å²) in [6, 6.07) is 12.1. The van der Waals surface area contributed by atoms with Gasteiger partial charge in [0.2, 0.25) is 5.91 Å². The van der Waals surface area contributed by atoms with Gasteiger partial charge in [0.15, 0.2) is 0 Å². The van der Waals surface area contributed by atoms with E-state index in [1.54, 1.807) is 54.4 Å². The number of para-hydroxylation sites is 1. The first kappa shape index (κ1) is 19.5. The van der Waals surface area contributed by atoms with Crippen molar-refractivity contribution in [2.45, 2.75) is 19.4 Å².